The minimum atomic E-state index is -0.473. The summed E-state index contributed by atoms with van der Waals surface area (Å²) in [7, 11) is 3.44. The number of methoxy groups -OCH3 is 1. The number of hydrogen-bond acceptors (Lipinski definition) is 4. The number of fused-ring (bicyclic) bond motifs is 1. The van der Waals surface area contributed by atoms with Crippen LogP contribution in [0.4, 0.5) is 0 Å². The van der Waals surface area contributed by atoms with Crippen molar-refractivity contribution >= 4 is 5.97 Å². The topological polar surface area (TPSA) is 41.6 Å². The van der Waals surface area contributed by atoms with E-state index < -0.39 is 5.54 Å². The molecule has 0 bridgehead atoms. The fraction of sp³-hybridized carbons (Fsp3) is 0.938. The van der Waals surface area contributed by atoms with E-state index >= 15 is 0 Å². The summed E-state index contributed by atoms with van der Waals surface area (Å²) in [5.74, 6) is 1.26. The van der Waals surface area contributed by atoms with Gasteiger partial charge in [0.15, 0.2) is 0 Å². The standard InChI is InChI=1S/C16H28N2O2/c1-17-16(13-8-9-13,15(19)20-2)11-18-10-4-6-12-5-3-7-14(12)18/h12-14,17H,3-11H2,1-2H3. The lowest BCUT2D eigenvalue weighted by molar-refractivity contribution is -0.151. The molecule has 4 nitrogen and oxygen atoms in total. The monoisotopic (exact) mass is 280 g/mol. The maximum atomic E-state index is 12.4. The Hall–Kier alpha value is -0.610. The first-order valence-electron chi connectivity index (χ1n) is 8.22. The van der Waals surface area contributed by atoms with Gasteiger partial charge in [-0.25, -0.2) is 4.79 Å². The second-order valence-corrected chi connectivity index (χ2v) is 6.86. The highest BCUT2D eigenvalue weighted by molar-refractivity contribution is 5.82. The Balaban J connectivity index is 1.76. The molecule has 0 amide bonds. The predicted octanol–water partition coefficient (Wildman–Crippen LogP) is 1.79. The van der Waals surface area contributed by atoms with Crippen molar-refractivity contribution in [3.05, 3.63) is 0 Å². The van der Waals surface area contributed by atoms with E-state index in [4.69, 9.17) is 4.74 Å². The van der Waals surface area contributed by atoms with Crippen LogP contribution in [0, 0.1) is 11.8 Å². The Morgan fingerprint density at radius 2 is 2.00 bits per heavy atom. The number of carbonyl (C=O) groups excluding carboxylic acids is 1. The number of likely N-dealkylation sites (tertiary alicyclic amines) is 1. The van der Waals surface area contributed by atoms with Crippen molar-refractivity contribution in [2.24, 2.45) is 11.8 Å². The predicted molar refractivity (Wildman–Crippen MR) is 78.5 cm³/mol. The zero-order valence-electron chi connectivity index (χ0n) is 12.9. The second-order valence-electron chi connectivity index (χ2n) is 6.86. The first-order chi connectivity index (χ1) is 9.71. The molecule has 3 atom stereocenters. The summed E-state index contributed by atoms with van der Waals surface area (Å²) in [4.78, 5) is 15.0. The lowest BCUT2D eigenvalue weighted by Gasteiger charge is -2.43. The Kier molecular flexibility index (Phi) is 4.04. The van der Waals surface area contributed by atoms with E-state index in [1.165, 1.54) is 39.2 Å². The molecule has 3 unspecified atom stereocenters. The van der Waals surface area contributed by atoms with Crippen molar-refractivity contribution in [2.75, 3.05) is 27.2 Å². The largest absolute Gasteiger partial charge is 0.468 e. The van der Waals surface area contributed by atoms with Gasteiger partial charge >= 0.3 is 5.97 Å². The van der Waals surface area contributed by atoms with Gasteiger partial charge in [0.1, 0.15) is 5.54 Å². The van der Waals surface area contributed by atoms with Gasteiger partial charge in [-0.05, 0) is 64.0 Å². The average Bonchev–Trinajstić information content (AvgIpc) is 3.21. The van der Waals surface area contributed by atoms with Crippen LogP contribution in [-0.2, 0) is 9.53 Å². The molecule has 1 saturated heterocycles. The van der Waals surface area contributed by atoms with E-state index in [9.17, 15) is 4.79 Å². The van der Waals surface area contributed by atoms with Gasteiger partial charge in [0, 0.05) is 12.6 Å². The molecule has 1 N–H and O–H groups in total. The number of carbonyl (C=O) groups is 1. The van der Waals surface area contributed by atoms with Crippen LogP contribution in [-0.4, -0.2) is 49.7 Å². The molecule has 2 aliphatic carbocycles. The molecule has 3 rings (SSSR count). The van der Waals surface area contributed by atoms with Crippen LogP contribution in [0.25, 0.3) is 0 Å². The molecule has 20 heavy (non-hydrogen) atoms. The van der Waals surface area contributed by atoms with Gasteiger partial charge < -0.3 is 10.1 Å². The number of ether oxygens (including phenoxy) is 1. The lowest BCUT2D eigenvalue weighted by Crippen LogP contribution is -2.62. The van der Waals surface area contributed by atoms with Crippen molar-refractivity contribution in [3.8, 4) is 0 Å². The lowest BCUT2D eigenvalue weighted by atomic mass is 9.87. The van der Waals surface area contributed by atoms with E-state index in [1.54, 1.807) is 0 Å². The number of piperidine rings is 1. The van der Waals surface area contributed by atoms with Gasteiger partial charge in [-0.3, -0.25) is 4.90 Å². The minimum Gasteiger partial charge on any atom is -0.468 e. The maximum Gasteiger partial charge on any atom is 0.327 e. The Morgan fingerprint density at radius 3 is 2.65 bits per heavy atom. The van der Waals surface area contributed by atoms with Crippen molar-refractivity contribution in [1.29, 1.82) is 0 Å². The van der Waals surface area contributed by atoms with E-state index in [1.807, 2.05) is 7.05 Å². The average molecular weight is 280 g/mol. The van der Waals surface area contributed by atoms with E-state index in [-0.39, 0.29) is 5.97 Å². The quantitative estimate of drug-likeness (QED) is 0.780. The normalized spacial score (nSPS) is 33.5. The number of esters is 1. The smallest absolute Gasteiger partial charge is 0.327 e. The number of nitrogens with one attached hydrogen (secondary N) is 1. The molecule has 114 valence electrons. The molecule has 3 fully saturated rings. The van der Waals surface area contributed by atoms with E-state index in [2.05, 4.69) is 10.2 Å². The summed E-state index contributed by atoms with van der Waals surface area (Å²) < 4.78 is 5.13. The summed E-state index contributed by atoms with van der Waals surface area (Å²) in [5.41, 5.74) is -0.473. The summed E-state index contributed by atoms with van der Waals surface area (Å²) in [5, 5.41) is 3.34. The first kappa shape index (κ1) is 14.3. The molecule has 3 aliphatic rings. The van der Waals surface area contributed by atoms with Crippen molar-refractivity contribution in [3.63, 3.8) is 0 Å². The Bertz CT molecular complexity index is 369. The number of hydrogen-bond donors (Lipinski definition) is 1. The number of nitrogens with zero attached hydrogens (tertiary/aromatic N) is 1. The molecule has 0 aromatic rings. The summed E-state index contributed by atoms with van der Waals surface area (Å²) in [6, 6.07) is 0.708. The highest BCUT2D eigenvalue weighted by Crippen LogP contribution is 2.43. The van der Waals surface area contributed by atoms with E-state index in [0.29, 0.717) is 12.0 Å². The van der Waals surface area contributed by atoms with Crippen LogP contribution in [0.15, 0.2) is 0 Å². The van der Waals surface area contributed by atoms with Gasteiger partial charge in [-0.15, -0.1) is 0 Å². The van der Waals surface area contributed by atoms with Gasteiger partial charge in [0.2, 0.25) is 0 Å². The second kappa shape index (κ2) is 5.64. The highest BCUT2D eigenvalue weighted by atomic mass is 16.5. The summed E-state index contributed by atoms with van der Waals surface area (Å²) in [6.45, 7) is 1.98. The fourth-order valence-corrected chi connectivity index (χ4v) is 4.58. The molecule has 1 heterocycles. The molecule has 4 heteroatoms. The molecule has 1 aliphatic heterocycles. The van der Waals surface area contributed by atoms with Crippen LogP contribution >= 0.6 is 0 Å². The van der Waals surface area contributed by atoms with Crippen LogP contribution in [0.1, 0.15) is 44.9 Å². The molecule has 0 aromatic carbocycles. The van der Waals surface area contributed by atoms with Crippen LogP contribution in [0.2, 0.25) is 0 Å². The van der Waals surface area contributed by atoms with E-state index in [0.717, 1.165) is 31.8 Å². The first-order valence-corrected chi connectivity index (χ1v) is 8.22. The Morgan fingerprint density at radius 1 is 1.25 bits per heavy atom. The van der Waals surface area contributed by atoms with Crippen LogP contribution in [0.3, 0.4) is 0 Å². The number of likely N-dealkylation sites (N-methyl/N-ethyl adjacent to an activating group) is 1. The molecular weight excluding hydrogens is 252 g/mol. The van der Waals surface area contributed by atoms with Gasteiger partial charge in [-0.1, -0.05) is 6.42 Å². The van der Waals surface area contributed by atoms with Crippen molar-refractivity contribution in [2.45, 2.75) is 56.5 Å². The van der Waals surface area contributed by atoms with Gasteiger partial charge in [-0.2, -0.15) is 0 Å². The zero-order valence-corrected chi connectivity index (χ0v) is 12.9. The molecule has 0 aromatic heterocycles. The van der Waals surface area contributed by atoms with Gasteiger partial charge in [0.25, 0.3) is 0 Å². The summed E-state index contributed by atoms with van der Waals surface area (Å²) in [6.07, 6.45) is 9.03. The highest BCUT2D eigenvalue weighted by Gasteiger charge is 2.53. The fourth-order valence-electron chi connectivity index (χ4n) is 4.58. The third kappa shape index (κ3) is 2.37. The van der Waals surface area contributed by atoms with Gasteiger partial charge in [0.05, 0.1) is 7.11 Å². The van der Waals surface area contributed by atoms with Crippen LogP contribution in [0.5, 0.6) is 0 Å². The molecule has 2 saturated carbocycles. The SMILES string of the molecule is CNC(CN1CCCC2CCCC21)(C(=O)OC)C1CC1. The zero-order chi connectivity index (χ0) is 14.2. The minimum absolute atomic E-state index is 0.0670. The maximum absolute atomic E-state index is 12.4. The third-order valence-electron chi connectivity index (χ3n) is 5.83. The third-order valence-corrected chi connectivity index (χ3v) is 5.83. The van der Waals surface area contributed by atoms with Crippen LogP contribution < -0.4 is 5.32 Å². The van der Waals surface area contributed by atoms with Crippen molar-refractivity contribution in [1.82, 2.24) is 10.2 Å². The van der Waals surface area contributed by atoms with Crippen molar-refractivity contribution < 1.29 is 9.53 Å². The molecular formula is C16H28N2O2. The number of rotatable bonds is 5. The molecule has 0 spiro atoms. The molecule has 0 radical (unpaired) electrons. The Labute approximate surface area is 122 Å². The summed E-state index contributed by atoms with van der Waals surface area (Å²) >= 11 is 0.